The lowest BCUT2D eigenvalue weighted by atomic mass is 10.1. The number of aryl methyl sites for hydroxylation is 1. The van der Waals surface area contributed by atoms with Crippen molar-refractivity contribution in [2.45, 2.75) is 6.54 Å². The fourth-order valence-electron chi connectivity index (χ4n) is 2.22. The molecule has 5 heteroatoms. The molecule has 3 aromatic rings. The maximum Gasteiger partial charge on any atom is 0.131 e. The zero-order valence-corrected chi connectivity index (χ0v) is 11.2. The Kier molecular flexibility index (Phi) is 2.97. The van der Waals surface area contributed by atoms with Gasteiger partial charge in [0.15, 0.2) is 0 Å². The number of halogens is 1. The molecule has 0 bridgehead atoms. The van der Waals surface area contributed by atoms with Crippen LogP contribution in [-0.2, 0) is 13.6 Å². The molecular weight excluding hydrogens is 260 g/mol. The van der Waals surface area contributed by atoms with Gasteiger partial charge in [-0.3, -0.25) is 4.98 Å². The van der Waals surface area contributed by atoms with Gasteiger partial charge in [0.25, 0.3) is 0 Å². The van der Waals surface area contributed by atoms with Gasteiger partial charge in [0.05, 0.1) is 11.2 Å². The quantitative estimate of drug-likeness (QED) is 0.730. The molecule has 0 saturated carbocycles. The van der Waals surface area contributed by atoms with Crippen LogP contribution >= 0.6 is 11.6 Å². The maximum absolute atomic E-state index is 5.94. The van der Waals surface area contributed by atoms with Crippen LogP contribution in [0.2, 0.25) is 5.15 Å². The monoisotopic (exact) mass is 272 g/mol. The zero-order chi connectivity index (χ0) is 13.4. The van der Waals surface area contributed by atoms with E-state index < -0.39 is 0 Å². The van der Waals surface area contributed by atoms with Crippen LogP contribution < -0.4 is 5.73 Å². The molecule has 19 heavy (non-hydrogen) atoms. The number of fused-ring (bicyclic) bond motifs is 1. The second kappa shape index (κ2) is 4.64. The summed E-state index contributed by atoms with van der Waals surface area (Å²) in [6.45, 7) is 0.484. The highest BCUT2D eigenvalue weighted by Crippen LogP contribution is 2.27. The first-order chi connectivity index (χ1) is 9.19. The van der Waals surface area contributed by atoms with E-state index >= 15 is 0 Å². The van der Waals surface area contributed by atoms with Gasteiger partial charge >= 0.3 is 0 Å². The summed E-state index contributed by atoms with van der Waals surface area (Å²) in [7, 11) is 2.00. The molecule has 0 spiro atoms. The van der Waals surface area contributed by atoms with Crippen LogP contribution in [0.25, 0.3) is 22.2 Å². The maximum atomic E-state index is 5.94. The van der Waals surface area contributed by atoms with Gasteiger partial charge in [0, 0.05) is 43.1 Å². The summed E-state index contributed by atoms with van der Waals surface area (Å²) in [5, 5.41) is 1.55. The first-order valence-corrected chi connectivity index (χ1v) is 6.32. The number of hydrogen-bond donors (Lipinski definition) is 1. The normalized spacial score (nSPS) is 11.1. The minimum Gasteiger partial charge on any atom is -0.343 e. The summed E-state index contributed by atoms with van der Waals surface area (Å²) in [5.41, 5.74) is 9.83. The Morgan fingerprint density at radius 3 is 2.84 bits per heavy atom. The van der Waals surface area contributed by atoms with Gasteiger partial charge in [-0.25, -0.2) is 4.98 Å². The third-order valence-electron chi connectivity index (χ3n) is 3.22. The number of hydrogen-bond acceptors (Lipinski definition) is 3. The molecule has 96 valence electrons. The van der Waals surface area contributed by atoms with Crippen molar-refractivity contribution < 1.29 is 0 Å². The molecule has 0 aliphatic heterocycles. The lowest BCUT2D eigenvalue weighted by Gasteiger charge is -2.05. The lowest BCUT2D eigenvalue weighted by Crippen LogP contribution is -1.98. The molecule has 0 saturated heterocycles. The van der Waals surface area contributed by atoms with Gasteiger partial charge in [-0.05, 0) is 23.8 Å². The van der Waals surface area contributed by atoms with Crippen molar-refractivity contribution >= 4 is 22.5 Å². The summed E-state index contributed by atoms with van der Waals surface area (Å²) < 4.78 is 2.08. The minimum absolute atomic E-state index is 0.484. The number of pyridine rings is 2. The second-order valence-corrected chi connectivity index (χ2v) is 4.83. The summed E-state index contributed by atoms with van der Waals surface area (Å²) >= 11 is 5.94. The molecule has 0 unspecified atom stereocenters. The van der Waals surface area contributed by atoms with E-state index in [2.05, 4.69) is 26.7 Å². The van der Waals surface area contributed by atoms with E-state index in [-0.39, 0.29) is 0 Å². The fourth-order valence-corrected chi connectivity index (χ4v) is 2.37. The summed E-state index contributed by atoms with van der Waals surface area (Å²) in [4.78, 5) is 8.33. The van der Waals surface area contributed by atoms with Gasteiger partial charge in [0.2, 0.25) is 0 Å². The molecule has 0 radical (unpaired) electrons. The van der Waals surface area contributed by atoms with Gasteiger partial charge in [-0.2, -0.15) is 0 Å². The van der Waals surface area contributed by atoms with Crippen molar-refractivity contribution in [3.05, 3.63) is 47.5 Å². The summed E-state index contributed by atoms with van der Waals surface area (Å²) in [5.74, 6) is 0. The Hall–Kier alpha value is -1.91. The van der Waals surface area contributed by atoms with Gasteiger partial charge in [-0.1, -0.05) is 11.6 Å². The molecule has 0 atom stereocenters. The van der Waals surface area contributed by atoms with Crippen molar-refractivity contribution in [1.29, 1.82) is 0 Å². The molecule has 3 heterocycles. The van der Waals surface area contributed by atoms with Crippen LogP contribution in [-0.4, -0.2) is 14.5 Å². The number of aromatic nitrogens is 3. The fraction of sp³-hybridized carbons (Fsp3) is 0.143. The molecule has 2 N–H and O–H groups in total. The Balaban J connectivity index is 2.21. The SMILES string of the molecule is Cn1c(-c2cncc(CN)c2)cc2cnc(Cl)cc21. The number of nitrogens with zero attached hydrogens (tertiary/aromatic N) is 3. The Bertz CT molecular complexity index is 748. The molecule has 0 aliphatic carbocycles. The Labute approximate surface area is 115 Å². The van der Waals surface area contributed by atoms with Crippen LogP contribution in [0, 0.1) is 0 Å². The molecule has 0 aromatic carbocycles. The first-order valence-electron chi connectivity index (χ1n) is 5.94. The standard InChI is InChI=1S/C14H13ClN4/c1-19-12(10-2-9(5-16)6-17-7-10)3-11-8-18-14(15)4-13(11)19/h2-4,6-8H,5,16H2,1H3. The highest BCUT2D eigenvalue weighted by atomic mass is 35.5. The molecular formula is C14H13ClN4. The third kappa shape index (κ3) is 2.09. The van der Waals surface area contributed by atoms with Crippen molar-refractivity contribution in [1.82, 2.24) is 14.5 Å². The number of nitrogens with two attached hydrogens (primary N) is 1. The third-order valence-corrected chi connectivity index (χ3v) is 3.43. The molecule has 0 fully saturated rings. The largest absolute Gasteiger partial charge is 0.343 e. The van der Waals surface area contributed by atoms with E-state index in [0.717, 1.165) is 27.7 Å². The molecule has 3 aromatic heterocycles. The van der Waals surface area contributed by atoms with Crippen LogP contribution in [0.1, 0.15) is 5.56 Å². The predicted molar refractivity (Wildman–Crippen MR) is 76.8 cm³/mol. The highest BCUT2D eigenvalue weighted by molar-refractivity contribution is 6.30. The van der Waals surface area contributed by atoms with E-state index in [1.54, 1.807) is 12.4 Å². The van der Waals surface area contributed by atoms with Crippen molar-refractivity contribution in [2.75, 3.05) is 0 Å². The minimum atomic E-state index is 0.484. The average molecular weight is 273 g/mol. The second-order valence-electron chi connectivity index (χ2n) is 4.44. The van der Waals surface area contributed by atoms with Crippen LogP contribution in [0.15, 0.2) is 36.8 Å². The Morgan fingerprint density at radius 1 is 1.21 bits per heavy atom. The van der Waals surface area contributed by atoms with Crippen molar-refractivity contribution in [3.8, 4) is 11.3 Å². The lowest BCUT2D eigenvalue weighted by molar-refractivity contribution is 0.972. The predicted octanol–water partition coefficient (Wildman–Crippen LogP) is 2.75. The van der Waals surface area contributed by atoms with Crippen LogP contribution in [0.4, 0.5) is 0 Å². The van der Waals surface area contributed by atoms with E-state index in [1.807, 2.05) is 19.3 Å². The van der Waals surface area contributed by atoms with Gasteiger partial charge in [0.1, 0.15) is 5.15 Å². The van der Waals surface area contributed by atoms with Crippen LogP contribution in [0.5, 0.6) is 0 Å². The van der Waals surface area contributed by atoms with Gasteiger partial charge < -0.3 is 10.3 Å². The highest BCUT2D eigenvalue weighted by Gasteiger charge is 2.09. The summed E-state index contributed by atoms with van der Waals surface area (Å²) in [6, 6.07) is 5.99. The van der Waals surface area contributed by atoms with E-state index in [9.17, 15) is 0 Å². The van der Waals surface area contributed by atoms with Crippen molar-refractivity contribution in [3.63, 3.8) is 0 Å². The number of rotatable bonds is 2. The Morgan fingerprint density at radius 2 is 2.05 bits per heavy atom. The summed E-state index contributed by atoms with van der Waals surface area (Å²) in [6.07, 6.45) is 5.40. The van der Waals surface area contributed by atoms with Crippen LogP contribution in [0.3, 0.4) is 0 Å². The van der Waals surface area contributed by atoms with E-state index in [4.69, 9.17) is 17.3 Å². The topological polar surface area (TPSA) is 56.7 Å². The molecule has 4 nitrogen and oxygen atoms in total. The molecule has 0 amide bonds. The van der Waals surface area contributed by atoms with E-state index in [0.29, 0.717) is 11.7 Å². The first kappa shape index (κ1) is 12.1. The molecule has 0 aliphatic rings. The van der Waals surface area contributed by atoms with E-state index in [1.165, 1.54) is 0 Å². The molecule has 3 rings (SSSR count). The zero-order valence-electron chi connectivity index (χ0n) is 10.5. The van der Waals surface area contributed by atoms with Gasteiger partial charge in [-0.15, -0.1) is 0 Å². The van der Waals surface area contributed by atoms with Crippen molar-refractivity contribution in [2.24, 2.45) is 12.8 Å². The smallest absolute Gasteiger partial charge is 0.131 e. The average Bonchev–Trinajstić information content (AvgIpc) is 2.76.